The van der Waals surface area contributed by atoms with E-state index in [1.807, 2.05) is 6.08 Å². The number of esters is 1. The molecule has 0 heterocycles. The third-order valence-corrected chi connectivity index (χ3v) is 8.94. The fraction of sp³-hybridized carbons (Fsp3) is 0.818. The van der Waals surface area contributed by atoms with Gasteiger partial charge in [0.1, 0.15) is 6.10 Å². The number of hydrogen-bond acceptors (Lipinski definition) is 3. The van der Waals surface area contributed by atoms with Crippen molar-refractivity contribution < 1.29 is 14.3 Å². The highest BCUT2D eigenvalue weighted by molar-refractivity contribution is 5.91. The van der Waals surface area contributed by atoms with E-state index in [9.17, 15) is 9.59 Å². The van der Waals surface area contributed by atoms with Crippen molar-refractivity contribution >= 4 is 11.8 Å². The molecular weight excluding hydrogens is 312 g/mol. The molecule has 4 rings (SSSR count). The Hall–Kier alpha value is -1.12. The summed E-state index contributed by atoms with van der Waals surface area (Å²) < 4.78 is 5.73. The number of fused-ring (bicyclic) bond motifs is 5. The van der Waals surface area contributed by atoms with Crippen molar-refractivity contribution in [3.8, 4) is 0 Å². The lowest BCUT2D eigenvalue weighted by atomic mass is 9.42. The zero-order chi connectivity index (χ0) is 18.0. The SMILES string of the molecule is CC(=O)OC1CC[C@H]2[C@@H]3CCC4(C)CC(=O)C=C[C@]4(C)[C@H]3CC[C@]12C. The van der Waals surface area contributed by atoms with E-state index in [0.717, 1.165) is 19.3 Å². The Morgan fingerprint density at radius 3 is 2.56 bits per heavy atom. The highest BCUT2D eigenvalue weighted by atomic mass is 16.5. The van der Waals surface area contributed by atoms with E-state index in [4.69, 9.17) is 4.74 Å². The van der Waals surface area contributed by atoms with Crippen LogP contribution >= 0.6 is 0 Å². The highest BCUT2D eigenvalue weighted by Crippen LogP contribution is 2.68. The fourth-order valence-corrected chi connectivity index (χ4v) is 7.30. The number of allylic oxidation sites excluding steroid dienone is 2. The fourth-order valence-electron chi connectivity index (χ4n) is 7.30. The first-order valence-electron chi connectivity index (χ1n) is 10.1. The minimum atomic E-state index is -0.133. The van der Waals surface area contributed by atoms with Crippen molar-refractivity contribution in [1.82, 2.24) is 0 Å². The average molecular weight is 344 g/mol. The van der Waals surface area contributed by atoms with Crippen LogP contribution in [0.4, 0.5) is 0 Å². The molecule has 0 N–H and O–H groups in total. The van der Waals surface area contributed by atoms with Gasteiger partial charge >= 0.3 is 5.97 Å². The van der Waals surface area contributed by atoms with E-state index in [2.05, 4.69) is 26.8 Å². The van der Waals surface area contributed by atoms with Crippen LogP contribution in [0.2, 0.25) is 0 Å². The summed E-state index contributed by atoms with van der Waals surface area (Å²) in [4.78, 5) is 23.6. The Morgan fingerprint density at radius 1 is 1.08 bits per heavy atom. The molecule has 0 bridgehead atoms. The smallest absolute Gasteiger partial charge is 0.302 e. The predicted octanol–water partition coefficient (Wildman–Crippen LogP) is 4.70. The number of carbonyl (C=O) groups excluding carboxylic acids is 2. The molecule has 138 valence electrons. The first kappa shape index (κ1) is 17.3. The second kappa shape index (κ2) is 5.44. The molecule has 0 saturated heterocycles. The molecule has 3 saturated carbocycles. The molecule has 4 aliphatic carbocycles. The molecule has 0 aromatic heterocycles. The summed E-state index contributed by atoms with van der Waals surface area (Å²) in [6.07, 6.45) is 11.8. The summed E-state index contributed by atoms with van der Waals surface area (Å²) in [5, 5.41) is 0. The van der Waals surface area contributed by atoms with Crippen LogP contribution in [-0.2, 0) is 14.3 Å². The van der Waals surface area contributed by atoms with E-state index < -0.39 is 0 Å². The molecule has 0 spiro atoms. The van der Waals surface area contributed by atoms with Crippen LogP contribution in [0.3, 0.4) is 0 Å². The zero-order valence-corrected chi connectivity index (χ0v) is 16.1. The summed E-state index contributed by atoms with van der Waals surface area (Å²) in [5.74, 6) is 2.18. The lowest BCUT2D eigenvalue weighted by Gasteiger charge is -2.62. The van der Waals surface area contributed by atoms with Gasteiger partial charge in [0, 0.05) is 18.8 Å². The second-order valence-corrected chi connectivity index (χ2v) is 9.96. The van der Waals surface area contributed by atoms with Gasteiger partial charge in [0.25, 0.3) is 0 Å². The van der Waals surface area contributed by atoms with Gasteiger partial charge in [-0.2, -0.15) is 0 Å². The van der Waals surface area contributed by atoms with Gasteiger partial charge in [-0.1, -0.05) is 26.8 Å². The monoisotopic (exact) mass is 344 g/mol. The summed E-state index contributed by atoms with van der Waals surface area (Å²) in [5.41, 5.74) is 0.386. The van der Waals surface area contributed by atoms with Crippen LogP contribution in [0.1, 0.15) is 72.6 Å². The standard InChI is InChI=1S/C22H32O3/c1-14(23)25-19-6-5-17-16-8-10-20(2)13-15(24)7-12-22(20,4)18(16)9-11-21(17,19)3/h7,12,16-19H,5-6,8-11,13H2,1-4H3/t16-,17-,18-,19?,20?,21-,22+/m0/s1. The number of ether oxygens (including phenoxy) is 1. The molecular formula is C22H32O3. The van der Waals surface area contributed by atoms with E-state index in [1.165, 1.54) is 19.3 Å². The maximum Gasteiger partial charge on any atom is 0.302 e. The van der Waals surface area contributed by atoms with Crippen LogP contribution in [0.25, 0.3) is 0 Å². The van der Waals surface area contributed by atoms with Crippen molar-refractivity contribution in [2.24, 2.45) is 34.0 Å². The summed E-state index contributed by atoms with van der Waals surface area (Å²) in [6.45, 7) is 8.66. The van der Waals surface area contributed by atoms with Crippen LogP contribution in [0.15, 0.2) is 12.2 Å². The van der Waals surface area contributed by atoms with Gasteiger partial charge in [-0.15, -0.1) is 0 Å². The lowest BCUT2D eigenvalue weighted by molar-refractivity contribution is -0.162. The third-order valence-electron chi connectivity index (χ3n) is 8.94. The van der Waals surface area contributed by atoms with Gasteiger partial charge in [-0.05, 0) is 73.2 Å². The van der Waals surface area contributed by atoms with Gasteiger partial charge in [-0.25, -0.2) is 0 Å². The minimum Gasteiger partial charge on any atom is -0.462 e. The molecule has 0 radical (unpaired) electrons. The van der Waals surface area contributed by atoms with Crippen LogP contribution in [0.5, 0.6) is 0 Å². The Balaban J connectivity index is 1.65. The molecule has 7 atom stereocenters. The van der Waals surface area contributed by atoms with E-state index >= 15 is 0 Å². The highest BCUT2D eigenvalue weighted by Gasteiger charge is 2.63. The molecule has 3 nitrogen and oxygen atoms in total. The predicted molar refractivity (Wildman–Crippen MR) is 96.8 cm³/mol. The number of hydrogen-bond donors (Lipinski definition) is 0. The van der Waals surface area contributed by atoms with Gasteiger partial charge in [0.05, 0.1) is 0 Å². The maximum absolute atomic E-state index is 12.1. The normalized spacial score (nSPS) is 51.4. The number of ketones is 1. The molecule has 2 unspecified atom stereocenters. The quantitative estimate of drug-likeness (QED) is 0.648. The minimum absolute atomic E-state index is 0.0977. The molecule has 0 aliphatic heterocycles. The molecule has 0 aromatic rings. The molecule has 3 heteroatoms. The first-order valence-corrected chi connectivity index (χ1v) is 10.1. The van der Waals surface area contributed by atoms with Crippen molar-refractivity contribution in [3.05, 3.63) is 12.2 Å². The van der Waals surface area contributed by atoms with E-state index in [-0.39, 0.29) is 28.3 Å². The summed E-state index contributed by atoms with van der Waals surface area (Å²) in [6, 6.07) is 0. The Kier molecular flexibility index (Phi) is 3.76. The third kappa shape index (κ3) is 2.30. The molecule has 0 amide bonds. The van der Waals surface area contributed by atoms with E-state index in [0.29, 0.717) is 30.0 Å². The molecule has 4 aliphatic rings. The van der Waals surface area contributed by atoms with Crippen LogP contribution < -0.4 is 0 Å². The van der Waals surface area contributed by atoms with Crippen molar-refractivity contribution in [3.63, 3.8) is 0 Å². The Bertz CT molecular complexity index is 637. The molecule has 3 fully saturated rings. The van der Waals surface area contributed by atoms with Crippen molar-refractivity contribution in [1.29, 1.82) is 0 Å². The first-order chi connectivity index (χ1) is 11.7. The molecule has 25 heavy (non-hydrogen) atoms. The Labute approximate surface area is 151 Å². The van der Waals surface area contributed by atoms with Crippen molar-refractivity contribution in [2.75, 3.05) is 0 Å². The van der Waals surface area contributed by atoms with E-state index in [1.54, 1.807) is 6.92 Å². The second-order valence-electron chi connectivity index (χ2n) is 9.96. The van der Waals surface area contributed by atoms with Gasteiger partial charge in [-0.3, -0.25) is 9.59 Å². The van der Waals surface area contributed by atoms with Crippen LogP contribution in [0, 0.1) is 34.0 Å². The summed E-state index contributed by atoms with van der Waals surface area (Å²) in [7, 11) is 0. The van der Waals surface area contributed by atoms with Gasteiger partial charge in [0.2, 0.25) is 0 Å². The van der Waals surface area contributed by atoms with Gasteiger partial charge in [0.15, 0.2) is 5.78 Å². The van der Waals surface area contributed by atoms with Crippen LogP contribution in [-0.4, -0.2) is 17.9 Å². The number of rotatable bonds is 1. The largest absolute Gasteiger partial charge is 0.462 e. The Morgan fingerprint density at radius 2 is 1.84 bits per heavy atom. The lowest BCUT2D eigenvalue weighted by Crippen LogP contribution is -2.56. The average Bonchev–Trinajstić information content (AvgIpc) is 2.85. The number of carbonyl (C=O) groups is 2. The summed E-state index contributed by atoms with van der Waals surface area (Å²) >= 11 is 0. The zero-order valence-electron chi connectivity index (χ0n) is 16.1. The molecule has 0 aromatic carbocycles. The topological polar surface area (TPSA) is 43.4 Å². The maximum atomic E-state index is 12.1. The van der Waals surface area contributed by atoms with Crippen molar-refractivity contribution in [2.45, 2.75) is 78.7 Å². The van der Waals surface area contributed by atoms with Gasteiger partial charge < -0.3 is 4.74 Å².